The fraction of sp³-hybridized carbons (Fsp3) is 0.728. The minimum atomic E-state index is -4.98. The topological polar surface area (TPSA) is 237 Å². The minimum Gasteiger partial charge on any atom is -0.462 e. The SMILES string of the molecule is CC/C=C\C/C=C\C/C=C\C/C=C\CCCCC(=O)OCC(COP(=O)(O)OCC(O)COP(=O)(O)OCC(COC(=O)CCCCCCCC/C=C\C/C=C\C/C=C\CCCCC)OC(=O)CCCCCCC/C=C\CCCCCCCC)OC(=O)CCCCCCC/C=C\CCCC. The standard InChI is InChI=1S/C81H140O17P2/c1-5-9-13-17-21-25-29-32-35-36-37-38-41-43-47-50-54-58-62-66-79(84)92-72-77(98-81(86)68-64-60-56-52-48-44-40-34-31-27-23-19-15-11-7-3)74-96-100(89,90)94-70-75(82)69-93-99(87,88)95-73-76(97-80(85)67-63-59-55-51-45-28-24-20-16-12-8-4)71-91-78(83)65-61-57-53-49-46-42-39-33-30-26-22-18-14-10-6-2/h10,14,20-22,24-26,32-35,37-40,46,49,75-77,82H,5-9,11-13,15-19,23,27-31,36,41-45,47-48,50-74H2,1-4H3,(H,87,88)(H,89,90)/b14-10-,24-20-,25-21-,26-22-,35-32-,38-37-,39-33-,40-34-,49-46-. The molecule has 19 heteroatoms. The molecule has 0 heterocycles. The lowest BCUT2D eigenvalue weighted by Crippen LogP contribution is -2.30. The summed E-state index contributed by atoms with van der Waals surface area (Å²) >= 11 is 0. The van der Waals surface area contributed by atoms with Crippen LogP contribution in [0.3, 0.4) is 0 Å². The monoisotopic (exact) mass is 1450 g/mol. The van der Waals surface area contributed by atoms with Crippen molar-refractivity contribution in [1.29, 1.82) is 0 Å². The van der Waals surface area contributed by atoms with Gasteiger partial charge in [0.25, 0.3) is 0 Å². The third-order valence-electron chi connectivity index (χ3n) is 16.2. The van der Waals surface area contributed by atoms with E-state index in [1.165, 1.54) is 70.6 Å². The molecule has 100 heavy (non-hydrogen) atoms. The number of phosphoric ester groups is 2. The highest BCUT2D eigenvalue weighted by atomic mass is 31.2. The third-order valence-corrected chi connectivity index (χ3v) is 18.1. The first-order valence-corrected chi connectivity index (χ1v) is 42.1. The van der Waals surface area contributed by atoms with Crippen molar-refractivity contribution in [2.75, 3.05) is 39.6 Å². The Kier molecular flexibility index (Phi) is 69.9. The van der Waals surface area contributed by atoms with E-state index >= 15 is 0 Å². The first-order valence-electron chi connectivity index (χ1n) is 39.1. The van der Waals surface area contributed by atoms with Gasteiger partial charge in [-0.1, -0.05) is 259 Å². The van der Waals surface area contributed by atoms with E-state index < -0.39 is 97.5 Å². The Balaban J connectivity index is 5.36. The van der Waals surface area contributed by atoms with Gasteiger partial charge in [-0.15, -0.1) is 0 Å². The fourth-order valence-electron chi connectivity index (χ4n) is 10.2. The number of hydrogen-bond donors (Lipinski definition) is 3. The van der Waals surface area contributed by atoms with E-state index in [1.54, 1.807) is 0 Å². The lowest BCUT2D eigenvalue weighted by Gasteiger charge is -2.21. The molecule has 576 valence electrons. The molecule has 0 aromatic rings. The second kappa shape index (κ2) is 73.0. The van der Waals surface area contributed by atoms with Crippen LogP contribution in [0.5, 0.6) is 0 Å². The van der Waals surface area contributed by atoms with E-state index in [4.69, 9.17) is 37.0 Å². The van der Waals surface area contributed by atoms with Gasteiger partial charge in [-0.3, -0.25) is 37.3 Å². The van der Waals surface area contributed by atoms with Gasteiger partial charge < -0.3 is 33.8 Å². The minimum absolute atomic E-state index is 0.0740. The highest BCUT2D eigenvalue weighted by Gasteiger charge is 2.30. The molecule has 0 radical (unpaired) electrons. The molecular formula is C81H140O17P2. The van der Waals surface area contributed by atoms with E-state index in [0.29, 0.717) is 25.7 Å². The van der Waals surface area contributed by atoms with Gasteiger partial charge in [0, 0.05) is 25.7 Å². The first kappa shape index (κ1) is 95.7. The summed E-state index contributed by atoms with van der Waals surface area (Å²) in [5.41, 5.74) is 0. The molecule has 0 aromatic carbocycles. The molecule has 5 unspecified atom stereocenters. The Morgan fingerprint density at radius 2 is 0.530 bits per heavy atom. The summed E-state index contributed by atoms with van der Waals surface area (Å²) in [6, 6.07) is 0. The van der Waals surface area contributed by atoms with Crippen molar-refractivity contribution in [3.05, 3.63) is 109 Å². The molecule has 0 aliphatic rings. The summed E-state index contributed by atoms with van der Waals surface area (Å²) in [4.78, 5) is 72.9. The fourth-order valence-corrected chi connectivity index (χ4v) is 11.8. The van der Waals surface area contributed by atoms with Gasteiger partial charge in [0.15, 0.2) is 12.2 Å². The van der Waals surface area contributed by atoms with Crippen LogP contribution in [-0.4, -0.2) is 96.7 Å². The van der Waals surface area contributed by atoms with Crippen molar-refractivity contribution in [3.63, 3.8) is 0 Å². The van der Waals surface area contributed by atoms with Crippen molar-refractivity contribution >= 4 is 39.5 Å². The molecule has 0 amide bonds. The zero-order valence-electron chi connectivity index (χ0n) is 62.8. The summed E-state index contributed by atoms with van der Waals surface area (Å²) < 4.78 is 68.4. The third kappa shape index (κ3) is 72.1. The highest BCUT2D eigenvalue weighted by molar-refractivity contribution is 7.47. The van der Waals surface area contributed by atoms with Crippen molar-refractivity contribution in [2.24, 2.45) is 0 Å². The number of rotatable bonds is 73. The number of carbonyl (C=O) groups is 4. The molecule has 0 spiro atoms. The van der Waals surface area contributed by atoms with Crippen molar-refractivity contribution < 1.29 is 80.2 Å². The van der Waals surface area contributed by atoms with Crippen LogP contribution in [0.1, 0.15) is 323 Å². The number of aliphatic hydroxyl groups excluding tert-OH is 1. The van der Waals surface area contributed by atoms with E-state index in [-0.39, 0.29) is 25.7 Å². The summed E-state index contributed by atoms with van der Waals surface area (Å²) in [6.45, 7) is 4.62. The lowest BCUT2D eigenvalue weighted by atomic mass is 10.1. The molecule has 5 atom stereocenters. The summed E-state index contributed by atoms with van der Waals surface area (Å²) in [7, 11) is -9.97. The number of unbranched alkanes of at least 4 members (excludes halogenated alkanes) is 29. The Morgan fingerprint density at radius 3 is 0.880 bits per heavy atom. The predicted molar refractivity (Wildman–Crippen MR) is 408 cm³/mol. The summed E-state index contributed by atoms with van der Waals surface area (Å²) in [6.07, 6.45) is 77.9. The molecule has 0 bridgehead atoms. The maximum absolute atomic E-state index is 13.1. The zero-order valence-corrected chi connectivity index (χ0v) is 64.6. The molecule has 0 rings (SSSR count). The molecule has 0 fully saturated rings. The first-order chi connectivity index (χ1) is 48.7. The molecule has 17 nitrogen and oxygen atoms in total. The average Bonchev–Trinajstić information content (AvgIpc) is 0.945. The largest absolute Gasteiger partial charge is 0.472 e. The Bertz CT molecular complexity index is 2320. The van der Waals surface area contributed by atoms with Gasteiger partial charge in [0.2, 0.25) is 0 Å². The number of phosphoric acid groups is 2. The molecular weight excluding hydrogens is 1310 g/mol. The second-order valence-corrected chi connectivity index (χ2v) is 28.8. The van der Waals surface area contributed by atoms with Crippen LogP contribution in [0.15, 0.2) is 109 Å². The molecule has 0 aliphatic heterocycles. The van der Waals surface area contributed by atoms with Crippen LogP contribution in [0.2, 0.25) is 0 Å². The van der Waals surface area contributed by atoms with Crippen LogP contribution in [0, 0.1) is 0 Å². The normalized spacial score (nSPS) is 14.5. The number of carbonyl (C=O) groups excluding carboxylic acids is 4. The smallest absolute Gasteiger partial charge is 0.462 e. The zero-order chi connectivity index (χ0) is 73.2. The number of ether oxygens (including phenoxy) is 4. The predicted octanol–water partition coefficient (Wildman–Crippen LogP) is 22.6. The maximum atomic E-state index is 13.1. The van der Waals surface area contributed by atoms with Crippen LogP contribution in [0.25, 0.3) is 0 Å². The highest BCUT2D eigenvalue weighted by Crippen LogP contribution is 2.45. The van der Waals surface area contributed by atoms with Gasteiger partial charge in [-0.25, -0.2) is 9.13 Å². The van der Waals surface area contributed by atoms with Gasteiger partial charge in [-0.2, -0.15) is 0 Å². The summed E-state index contributed by atoms with van der Waals surface area (Å²) in [5, 5.41) is 10.6. The quantitative estimate of drug-likeness (QED) is 0.0169. The Labute approximate surface area is 607 Å². The van der Waals surface area contributed by atoms with Crippen molar-refractivity contribution in [2.45, 2.75) is 341 Å². The summed E-state index contributed by atoms with van der Waals surface area (Å²) in [5.74, 6) is -2.25. The van der Waals surface area contributed by atoms with Crippen LogP contribution < -0.4 is 0 Å². The van der Waals surface area contributed by atoms with Crippen LogP contribution in [-0.2, 0) is 65.4 Å². The van der Waals surface area contributed by atoms with E-state index in [1.807, 2.05) is 0 Å². The number of aliphatic hydroxyl groups is 1. The lowest BCUT2D eigenvalue weighted by molar-refractivity contribution is -0.161. The van der Waals surface area contributed by atoms with E-state index in [0.717, 1.165) is 173 Å². The van der Waals surface area contributed by atoms with E-state index in [2.05, 4.69) is 137 Å². The number of hydrogen-bond acceptors (Lipinski definition) is 15. The van der Waals surface area contributed by atoms with E-state index in [9.17, 15) is 43.2 Å². The Hall–Kier alpha value is -4.28. The number of esters is 4. The van der Waals surface area contributed by atoms with Gasteiger partial charge >= 0.3 is 39.5 Å². The second-order valence-electron chi connectivity index (χ2n) is 25.9. The molecule has 3 N–H and O–H groups in total. The van der Waals surface area contributed by atoms with Crippen LogP contribution >= 0.6 is 15.6 Å². The molecule has 0 saturated carbocycles. The molecule has 0 aliphatic carbocycles. The maximum Gasteiger partial charge on any atom is 0.472 e. The average molecular weight is 1450 g/mol. The van der Waals surface area contributed by atoms with Crippen molar-refractivity contribution in [1.82, 2.24) is 0 Å². The Morgan fingerprint density at radius 1 is 0.290 bits per heavy atom. The van der Waals surface area contributed by atoms with Gasteiger partial charge in [0.05, 0.1) is 26.4 Å². The van der Waals surface area contributed by atoms with Crippen molar-refractivity contribution in [3.8, 4) is 0 Å². The van der Waals surface area contributed by atoms with Gasteiger partial charge in [-0.05, 0) is 148 Å². The molecule has 0 saturated heterocycles. The molecule has 0 aromatic heterocycles. The van der Waals surface area contributed by atoms with Gasteiger partial charge in [0.1, 0.15) is 19.3 Å². The van der Waals surface area contributed by atoms with Crippen LogP contribution in [0.4, 0.5) is 0 Å². The number of allylic oxidation sites excluding steroid dienone is 18.